The molecule has 0 atom stereocenters. The Labute approximate surface area is 162 Å². The van der Waals surface area contributed by atoms with E-state index in [0.29, 0.717) is 0 Å². The maximum absolute atomic E-state index is 5.35. The lowest BCUT2D eigenvalue weighted by molar-refractivity contribution is 0.580. The SMILES string of the molecule is Cc1cn(CCCN)cn1.Cc1cn(CCCNCc2ccccc2)cn1. The van der Waals surface area contributed by atoms with E-state index in [1.165, 1.54) is 5.56 Å². The minimum atomic E-state index is 0.747. The second-order valence-electron chi connectivity index (χ2n) is 6.66. The van der Waals surface area contributed by atoms with Gasteiger partial charge >= 0.3 is 0 Å². The van der Waals surface area contributed by atoms with Crippen LogP contribution >= 0.6 is 0 Å². The first-order valence-corrected chi connectivity index (χ1v) is 9.59. The Kier molecular flexibility index (Phi) is 9.30. The first-order chi connectivity index (χ1) is 13.2. The van der Waals surface area contributed by atoms with E-state index in [1.54, 1.807) is 0 Å². The minimum Gasteiger partial charge on any atom is -0.337 e. The average molecular weight is 369 g/mol. The minimum absolute atomic E-state index is 0.747. The number of aryl methyl sites for hydroxylation is 4. The summed E-state index contributed by atoms with van der Waals surface area (Å²) in [4.78, 5) is 8.30. The van der Waals surface area contributed by atoms with E-state index >= 15 is 0 Å². The van der Waals surface area contributed by atoms with Crippen molar-refractivity contribution in [3.05, 3.63) is 72.3 Å². The molecule has 0 aliphatic carbocycles. The van der Waals surface area contributed by atoms with Crippen molar-refractivity contribution >= 4 is 0 Å². The highest BCUT2D eigenvalue weighted by Gasteiger charge is 1.94. The van der Waals surface area contributed by atoms with Gasteiger partial charge in [-0.15, -0.1) is 0 Å². The highest BCUT2D eigenvalue weighted by atomic mass is 15.0. The van der Waals surface area contributed by atoms with Crippen molar-refractivity contribution in [3.8, 4) is 0 Å². The number of hydrogen-bond donors (Lipinski definition) is 2. The van der Waals surface area contributed by atoms with Crippen LogP contribution in [-0.2, 0) is 19.6 Å². The Morgan fingerprint density at radius 1 is 0.889 bits per heavy atom. The van der Waals surface area contributed by atoms with Gasteiger partial charge in [0.05, 0.1) is 24.0 Å². The molecule has 3 aromatic rings. The molecule has 0 fully saturated rings. The number of nitrogens with zero attached hydrogens (tertiary/aromatic N) is 4. The maximum atomic E-state index is 5.35. The van der Waals surface area contributed by atoms with Gasteiger partial charge in [0.25, 0.3) is 0 Å². The summed E-state index contributed by atoms with van der Waals surface area (Å²) in [6, 6.07) is 10.5. The van der Waals surface area contributed by atoms with Gasteiger partial charge in [-0.3, -0.25) is 0 Å². The molecule has 2 aromatic heterocycles. The van der Waals surface area contributed by atoms with Gasteiger partial charge in [0, 0.05) is 32.0 Å². The predicted molar refractivity (Wildman–Crippen MR) is 110 cm³/mol. The molecule has 0 saturated carbocycles. The van der Waals surface area contributed by atoms with E-state index < -0.39 is 0 Å². The van der Waals surface area contributed by atoms with Gasteiger partial charge in [0.2, 0.25) is 0 Å². The molecule has 0 saturated heterocycles. The van der Waals surface area contributed by atoms with Crippen molar-refractivity contribution in [2.24, 2.45) is 5.73 Å². The number of nitrogens with one attached hydrogen (secondary N) is 1. The van der Waals surface area contributed by atoms with Gasteiger partial charge in [-0.2, -0.15) is 0 Å². The molecule has 0 unspecified atom stereocenters. The highest BCUT2D eigenvalue weighted by molar-refractivity contribution is 5.14. The molecule has 0 amide bonds. The molecule has 0 aliphatic rings. The normalized spacial score (nSPS) is 10.5. The Balaban J connectivity index is 0.000000223. The van der Waals surface area contributed by atoms with Crippen LogP contribution in [0.5, 0.6) is 0 Å². The van der Waals surface area contributed by atoms with Crippen molar-refractivity contribution in [3.63, 3.8) is 0 Å². The number of benzene rings is 1. The third kappa shape index (κ3) is 8.66. The lowest BCUT2D eigenvalue weighted by atomic mass is 10.2. The predicted octanol–water partition coefficient (Wildman–Crippen LogP) is 2.91. The van der Waals surface area contributed by atoms with E-state index in [9.17, 15) is 0 Å². The Morgan fingerprint density at radius 2 is 1.48 bits per heavy atom. The topological polar surface area (TPSA) is 73.7 Å². The third-order valence-electron chi connectivity index (χ3n) is 4.09. The summed E-state index contributed by atoms with van der Waals surface area (Å²) in [5.41, 5.74) is 8.84. The first kappa shape index (κ1) is 20.9. The zero-order valence-electron chi connectivity index (χ0n) is 16.5. The van der Waals surface area contributed by atoms with Crippen molar-refractivity contribution in [2.45, 2.75) is 46.3 Å². The monoisotopic (exact) mass is 368 g/mol. The Morgan fingerprint density at radius 3 is 2.00 bits per heavy atom. The molecule has 3 rings (SSSR count). The van der Waals surface area contributed by atoms with Crippen LogP contribution in [-0.4, -0.2) is 32.2 Å². The van der Waals surface area contributed by atoms with E-state index in [1.807, 2.05) is 38.8 Å². The molecule has 146 valence electrons. The molecule has 0 spiro atoms. The van der Waals surface area contributed by atoms with Gasteiger partial charge in [-0.25, -0.2) is 9.97 Å². The molecule has 6 nitrogen and oxygen atoms in total. The average Bonchev–Trinajstić information content (AvgIpc) is 3.29. The number of imidazole rings is 2. The zero-order chi connectivity index (χ0) is 19.3. The second kappa shape index (κ2) is 12.0. The molecule has 0 aliphatic heterocycles. The molecule has 27 heavy (non-hydrogen) atoms. The number of aromatic nitrogens is 4. The number of hydrogen-bond acceptors (Lipinski definition) is 4. The smallest absolute Gasteiger partial charge is 0.0949 e. The highest BCUT2D eigenvalue weighted by Crippen LogP contribution is 1.98. The fourth-order valence-electron chi connectivity index (χ4n) is 2.68. The summed E-state index contributed by atoms with van der Waals surface area (Å²) in [6.45, 7) is 8.75. The van der Waals surface area contributed by atoms with Crippen LogP contribution in [0.3, 0.4) is 0 Å². The molecule has 0 bridgehead atoms. The van der Waals surface area contributed by atoms with Crippen molar-refractivity contribution in [2.75, 3.05) is 13.1 Å². The summed E-state index contributed by atoms with van der Waals surface area (Å²) >= 11 is 0. The molecule has 6 heteroatoms. The van der Waals surface area contributed by atoms with Crippen LogP contribution in [0.1, 0.15) is 29.8 Å². The largest absolute Gasteiger partial charge is 0.337 e. The van der Waals surface area contributed by atoms with E-state index in [-0.39, 0.29) is 0 Å². The summed E-state index contributed by atoms with van der Waals surface area (Å²) < 4.78 is 4.20. The standard InChI is InChI=1S/C14H19N3.C7H13N3/c1-13-11-17(12-16-13)9-5-8-15-10-14-6-3-2-4-7-14;1-7-5-10(6-9-7)4-2-3-8/h2-4,6-7,11-12,15H,5,8-10H2,1H3;5-6H,2-4,8H2,1H3. The second-order valence-corrected chi connectivity index (χ2v) is 6.66. The lowest BCUT2D eigenvalue weighted by Gasteiger charge is -2.05. The van der Waals surface area contributed by atoms with E-state index in [4.69, 9.17) is 5.73 Å². The zero-order valence-corrected chi connectivity index (χ0v) is 16.5. The van der Waals surface area contributed by atoms with Gasteiger partial charge in [-0.05, 0) is 45.3 Å². The van der Waals surface area contributed by atoms with Gasteiger partial charge in [0.1, 0.15) is 0 Å². The molecule has 2 heterocycles. The van der Waals surface area contributed by atoms with Crippen molar-refractivity contribution in [1.82, 2.24) is 24.4 Å². The van der Waals surface area contributed by atoms with Crippen LogP contribution < -0.4 is 11.1 Å². The maximum Gasteiger partial charge on any atom is 0.0949 e. The summed E-state index contributed by atoms with van der Waals surface area (Å²) in [7, 11) is 0. The van der Waals surface area contributed by atoms with Gasteiger partial charge < -0.3 is 20.2 Å². The first-order valence-electron chi connectivity index (χ1n) is 9.59. The number of rotatable bonds is 9. The van der Waals surface area contributed by atoms with Crippen molar-refractivity contribution < 1.29 is 0 Å². The molecular formula is C21H32N6. The van der Waals surface area contributed by atoms with Gasteiger partial charge in [0.15, 0.2) is 0 Å². The van der Waals surface area contributed by atoms with E-state index in [0.717, 1.165) is 57.0 Å². The van der Waals surface area contributed by atoms with Crippen LogP contribution in [0.25, 0.3) is 0 Å². The molecule has 0 radical (unpaired) electrons. The van der Waals surface area contributed by atoms with Crippen molar-refractivity contribution in [1.29, 1.82) is 0 Å². The summed E-state index contributed by atoms with van der Waals surface area (Å²) in [6.07, 6.45) is 9.99. The lowest BCUT2D eigenvalue weighted by Crippen LogP contribution is -2.16. The Bertz CT molecular complexity index is 747. The Hall–Kier alpha value is -2.44. The third-order valence-corrected chi connectivity index (χ3v) is 4.09. The van der Waals surface area contributed by atoms with Crippen LogP contribution in [0.4, 0.5) is 0 Å². The van der Waals surface area contributed by atoms with E-state index in [2.05, 4.69) is 54.9 Å². The molecular weight excluding hydrogens is 336 g/mol. The molecule has 3 N–H and O–H groups in total. The van der Waals surface area contributed by atoms with Crippen LogP contribution in [0.15, 0.2) is 55.4 Å². The van der Waals surface area contributed by atoms with Crippen LogP contribution in [0, 0.1) is 13.8 Å². The number of nitrogens with two attached hydrogens (primary N) is 1. The quantitative estimate of drug-likeness (QED) is 0.570. The molecule has 1 aromatic carbocycles. The fraction of sp³-hybridized carbons (Fsp3) is 0.429. The summed E-state index contributed by atoms with van der Waals surface area (Å²) in [5.74, 6) is 0. The van der Waals surface area contributed by atoms with Crippen LogP contribution in [0.2, 0.25) is 0 Å². The fourth-order valence-corrected chi connectivity index (χ4v) is 2.68. The summed E-state index contributed by atoms with van der Waals surface area (Å²) in [5, 5.41) is 3.44. The van der Waals surface area contributed by atoms with Gasteiger partial charge in [-0.1, -0.05) is 30.3 Å².